The van der Waals surface area contributed by atoms with E-state index in [0.717, 1.165) is 0 Å². The van der Waals surface area contributed by atoms with E-state index in [-0.39, 0.29) is 5.56 Å². The molecule has 2 rings (SSSR count). The Balaban J connectivity index is 2.22. The quantitative estimate of drug-likeness (QED) is 0.776. The first-order valence-corrected chi connectivity index (χ1v) is 4.59. The Bertz CT molecular complexity index is 500. The van der Waals surface area contributed by atoms with Gasteiger partial charge in [-0.25, -0.2) is 9.63 Å². The Labute approximate surface area is 91.5 Å². The number of hydrogen-bond acceptors (Lipinski definition) is 3. The maximum absolute atomic E-state index is 10.7. The zero-order valence-corrected chi connectivity index (χ0v) is 8.28. The fourth-order valence-corrected chi connectivity index (χ4v) is 1.18. The molecule has 0 saturated carbocycles. The molecule has 0 spiro atoms. The number of benzene rings is 1. The number of rotatable bonds is 3. The molecule has 0 unspecified atom stereocenters. The van der Waals surface area contributed by atoms with Gasteiger partial charge in [0, 0.05) is 10.8 Å². The summed E-state index contributed by atoms with van der Waals surface area (Å²) in [7, 11) is 0. The lowest BCUT2D eigenvalue weighted by Crippen LogP contribution is -2.38. The van der Waals surface area contributed by atoms with Gasteiger partial charge in [0.05, 0.1) is 18.0 Å². The molecule has 0 saturated heterocycles. The summed E-state index contributed by atoms with van der Waals surface area (Å²) in [6.45, 7) is 0. The highest BCUT2D eigenvalue weighted by Crippen LogP contribution is 2.11. The van der Waals surface area contributed by atoms with Crippen molar-refractivity contribution in [1.29, 1.82) is 0 Å². The van der Waals surface area contributed by atoms with Gasteiger partial charge < -0.3 is 5.11 Å². The standard InChI is InChI=1S/C11H8N2O3/c14-11(15)9-2-1-3-10(8-9)16-13-6-4-12-5-7-13/h1-8H/p+1. The third kappa shape index (κ3) is 2.33. The van der Waals surface area contributed by atoms with Crippen molar-refractivity contribution in [3.05, 3.63) is 54.6 Å². The molecule has 0 radical (unpaired) electrons. The topological polar surface area (TPSA) is 63.3 Å². The highest BCUT2D eigenvalue weighted by Gasteiger charge is 2.07. The minimum Gasteiger partial charge on any atom is -0.478 e. The van der Waals surface area contributed by atoms with Crippen LogP contribution in [-0.2, 0) is 0 Å². The Hall–Kier alpha value is -2.43. The van der Waals surface area contributed by atoms with Crippen molar-refractivity contribution in [2.24, 2.45) is 0 Å². The van der Waals surface area contributed by atoms with Crippen LogP contribution in [0.2, 0.25) is 0 Å². The molecule has 0 aliphatic heterocycles. The second-order valence-corrected chi connectivity index (χ2v) is 3.03. The molecule has 16 heavy (non-hydrogen) atoms. The molecule has 1 N–H and O–H groups in total. The SMILES string of the molecule is O=C(O)c1cccc(O[n+]2ccncc2)c1. The number of aromatic nitrogens is 2. The first kappa shape index (κ1) is 10.1. The smallest absolute Gasteiger partial charge is 0.335 e. The maximum Gasteiger partial charge on any atom is 0.335 e. The van der Waals surface area contributed by atoms with Crippen LogP contribution in [0.4, 0.5) is 0 Å². The summed E-state index contributed by atoms with van der Waals surface area (Å²) in [5, 5.41) is 8.80. The lowest BCUT2D eigenvalue weighted by atomic mass is 10.2. The van der Waals surface area contributed by atoms with Crippen molar-refractivity contribution < 1.29 is 19.5 Å². The summed E-state index contributed by atoms with van der Waals surface area (Å²) >= 11 is 0. The van der Waals surface area contributed by atoms with E-state index in [0.29, 0.717) is 5.75 Å². The fourth-order valence-electron chi connectivity index (χ4n) is 1.18. The largest absolute Gasteiger partial charge is 0.478 e. The Morgan fingerprint density at radius 1 is 1.31 bits per heavy atom. The molecule has 0 aliphatic rings. The van der Waals surface area contributed by atoms with Crippen LogP contribution in [0.25, 0.3) is 0 Å². The average molecular weight is 217 g/mol. The molecule has 5 heteroatoms. The second-order valence-electron chi connectivity index (χ2n) is 3.03. The Morgan fingerprint density at radius 2 is 2.06 bits per heavy atom. The van der Waals surface area contributed by atoms with Crippen LogP contribution in [0, 0.1) is 0 Å². The van der Waals surface area contributed by atoms with Crippen LogP contribution in [0.15, 0.2) is 49.1 Å². The monoisotopic (exact) mass is 217 g/mol. The maximum atomic E-state index is 10.7. The van der Waals surface area contributed by atoms with Gasteiger partial charge in [-0.1, -0.05) is 6.07 Å². The molecular weight excluding hydrogens is 208 g/mol. The molecule has 1 aromatic heterocycles. The first-order valence-electron chi connectivity index (χ1n) is 4.59. The van der Waals surface area contributed by atoms with Crippen molar-refractivity contribution in [3.8, 4) is 5.75 Å². The van der Waals surface area contributed by atoms with Crippen LogP contribution in [0.1, 0.15) is 10.4 Å². The summed E-state index contributed by atoms with van der Waals surface area (Å²) in [4.78, 5) is 20.0. The second kappa shape index (κ2) is 4.39. The van der Waals surface area contributed by atoms with Gasteiger partial charge >= 0.3 is 5.97 Å². The minimum absolute atomic E-state index is 0.187. The molecule has 5 nitrogen and oxygen atoms in total. The summed E-state index contributed by atoms with van der Waals surface area (Å²) in [6.07, 6.45) is 6.38. The van der Waals surface area contributed by atoms with Gasteiger partial charge in [-0.2, -0.15) is 0 Å². The van der Waals surface area contributed by atoms with E-state index < -0.39 is 5.97 Å². The van der Waals surface area contributed by atoms with Crippen LogP contribution in [0.5, 0.6) is 5.75 Å². The zero-order chi connectivity index (χ0) is 11.4. The molecule has 80 valence electrons. The highest BCUT2D eigenvalue weighted by molar-refractivity contribution is 5.87. The summed E-state index contributed by atoms with van der Waals surface area (Å²) in [5.74, 6) is -0.527. The minimum atomic E-state index is -0.981. The molecular formula is C11H9N2O3+. The third-order valence-corrected chi connectivity index (χ3v) is 1.89. The molecule has 0 amide bonds. The number of carboxylic acid groups (broad SMARTS) is 1. The van der Waals surface area contributed by atoms with E-state index in [2.05, 4.69) is 4.98 Å². The predicted octanol–water partition coefficient (Wildman–Crippen LogP) is 0.909. The van der Waals surface area contributed by atoms with Crippen LogP contribution < -0.4 is 9.57 Å². The Kier molecular flexibility index (Phi) is 2.77. The first-order chi connectivity index (χ1) is 7.75. The lowest BCUT2D eigenvalue weighted by Gasteiger charge is -1.98. The summed E-state index contributed by atoms with van der Waals surface area (Å²) in [5.41, 5.74) is 0.187. The number of nitrogens with zero attached hydrogens (tertiary/aromatic N) is 2. The van der Waals surface area contributed by atoms with Crippen LogP contribution in [-0.4, -0.2) is 16.1 Å². The molecule has 0 fully saturated rings. The van der Waals surface area contributed by atoms with E-state index in [1.807, 2.05) is 0 Å². The predicted molar refractivity (Wildman–Crippen MR) is 53.9 cm³/mol. The average Bonchev–Trinajstić information content (AvgIpc) is 2.30. The summed E-state index contributed by atoms with van der Waals surface area (Å²) in [6, 6.07) is 6.27. The van der Waals surface area contributed by atoms with E-state index in [9.17, 15) is 4.79 Å². The van der Waals surface area contributed by atoms with E-state index >= 15 is 0 Å². The van der Waals surface area contributed by atoms with Crippen molar-refractivity contribution in [2.75, 3.05) is 0 Å². The normalized spacial score (nSPS) is 9.75. The molecule has 0 atom stereocenters. The van der Waals surface area contributed by atoms with Crippen molar-refractivity contribution in [2.45, 2.75) is 0 Å². The van der Waals surface area contributed by atoms with Crippen LogP contribution in [0.3, 0.4) is 0 Å². The number of carboxylic acids is 1. The third-order valence-electron chi connectivity index (χ3n) is 1.89. The highest BCUT2D eigenvalue weighted by atomic mass is 16.7. The van der Waals surface area contributed by atoms with Gasteiger partial charge in [0.1, 0.15) is 0 Å². The van der Waals surface area contributed by atoms with Crippen molar-refractivity contribution in [3.63, 3.8) is 0 Å². The van der Waals surface area contributed by atoms with Crippen LogP contribution >= 0.6 is 0 Å². The molecule has 2 aromatic rings. The van der Waals surface area contributed by atoms with Crippen molar-refractivity contribution >= 4 is 5.97 Å². The van der Waals surface area contributed by atoms with Gasteiger partial charge in [0.25, 0.3) is 0 Å². The Morgan fingerprint density at radius 3 is 2.75 bits per heavy atom. The zero-order valence-electron chi connectivity index (χ0n) is 8.28. The van der Waals surface area contributed by atoms with E-state index in [1.165, 1.54) is 16.9 Å². The van der Waals surface area contributed by atoms with Gasteiger partial charge in [-0.15, -0.1) is 0 Å². The van der Waals surface area contributed by atoms with Gasteiger partial charge in [0.15, 0.2) is 0 Å². The van der Waals surface area contributed by atoms with Gasteiger partial charge in [-0.3, -0.25) is 4.98 Å². The molecule has 0 bridgehead atoms. The lowest BCUT2D eigenvalue weighted by molar-refractivity contribution is -0.875. The molecule has 1 heterocycles. The van der Waals surface area contributed by atoms with Gasteiger partial charge in [0.2, 0.25) is 18.1 Å². The number of aromatic carboxylic acids is 1. The van der Waals surface area contributed by atoms with Gasteiger partial charge in [-0.05, 0) is 12.1 Å². The summed E-state index contributed by atoms with van der Waals surface area (Å²) < 4.78 is 1.44. The molecule has 1 aromatic carbocycles. The number of carbonyl (C=O) groups is 1. The molecule has 0 aliphatic carbocycles. The van der Waals surface area contributed by atoms with Crippen molar-refractivity contribution in [1.82, 2.24) is 4.98 Å². The number of hydrogen-bond donors (Lipinski definition) is 1. The fraction of sp³-hybridized carbons (Fsp3) is 0. The van der Waals surface area contributed by atoms with E-state index in [1.54, 1.807) is 36.9 Å². The van der Waals surface area contributed by atoms with E-state index in [4.69, 9.17) is 9.94 Å².